The minimum Gasteiger partial charge on any atom is -0.454 e. The van der Waals surface area contributed by atoms with Gasteiger partial charge in [0.2, 0.25) is 12.7 Å². The van der Waals surface area contributed by atoms with Crippen LogP contribution in [0.1, 0.15) is 30.3 Å². The largest absolute Gasteiger partial charge is 0.454 e. The van der Waals surface area contributed by atoms with Gasteiger partial charge >= 0.3 is 0 Å². The Kier molecular flexibility index (Phi) is 4.41. The number of hydrazone groups is 1. The van der Waals surface area contributed by atoms with Gasteiger partial charge in [0.1, 0.15) is 0 Å². The molecule has 2 aromatic rings. The van der Waals surface area contributed by atoms with Crippen molar-refractivity contribution in [1.29, 1.82) is 0 Å². The molecule has 3 rings (SSSR count). The number of hydrogen-bond acceptors (Lipinski definition) is 6. The van der Waals surface area contributed by atoms with Crippen molar-refractivity contribution in [3.05, 3.63) is 41.2 Å². The fraction of sp³-hybridized carbons (Fsp3) is 0.353. The third kappa shape index (κ3) is 3.97. The summed E-state index contributed by atoms with van der Waals surface area (Å²) >= 11 is 0. The van der Waals surface area contributed by atoms with Crippen molar-refractivity contribution in [2.75, 3.05) is 12.2 Å². The summed E-state index contributed by atoms with van der Waals surface area (Å²) in [5, 5.41) is 4.35. The topological polar surface area (TPSA) is 68.6 Å². The second kappa shape index (κ2) is 6.64. The number of aromatic nitrogens is 2. The summed E-state index contributed by atoms with van der Waals surface area (Å²) in [7, 11) is 0. The van der Waals surface area contributed by atoms with Crippen molar-refractivity contribution in [3.63, 3.8) is 0 Å². The van der Waals surface area contributed by atoms with Crippen LogP contribution in [0.5, 0.6) is 11.5 Å². The zero-order chi connectivity index (χ0) is 16.2. The molecule has 1 aromatic heterocycles. The van der Waals surface area contributed by atoms with Crippen LogP contribution in [0.15, 0.2) is 29.4 Å². The van der Waals surface area contributed by atoms with Gasteiger partial charge in [0.25, 0.3) is 0 Å². The third-order valence-electron chi connectivity index (χ3n) is 3.54. The highest BCUT2D eigenvalue weighted by atomic mass is 16.7. The van der Waals surface area contributed by atoms with E-state index in [1.807, 2.05) is 39.0 Å². The average Bonchev–Trinajstić information content (AvgIpc) is 2.97. The number of nitrogens with zero attached hydrogens (tertiary/aromatic N) is 3. The first-order valence-corrected chi connectivity index (χ1v) is 7.60. The Morgan fingerprint density at radius 1 is 1.13 bits per heavy atom. The van der Waals surface area contributed by atoms with Gasteiger partial charge in [-0.2, -0.15) is 5.10 Å². The quantitative estimate of drug-likeness (QED) is 0.678. The van der Waals surface area contributed by atoms with Gasteiger partial charge in [-0.15, -0.1) is 0 Å². The monoisotopic (exact) mass is 312 g/mol. The first-order chi connectivity index (χ1) is 11.1. The van der Waals surface area contributed by atoms with E-state index in [2.05, 4.69) is 26.6 Å². The summed E-state index contributed by atoms with van der Waals surface area (Å²) in [6, 6.07) is 7.96. The number of aryl methyl sites for hydroxylation is 3. The minimum absolute atomic E-state index is 0.305. The van der Waals surface area contributed by atoms with Gasteiger partial charge in [0, 0.05) is 17.1 Å². The average molecular weight is 312 g/mol. The van der Waals surface area contributed by atoms with Crippen molar-refractivity contribution in [1.82, 2.24) is 9.97 Å². The van der Waals surface area contributed by atoms with E-state index in [1.54, 1.807) is 0 Å². The maximum absolute atomic E-state index is 5.39. The Morgan fingerprint density at radius 3 is 2.65 bits per heavy atom. The van der Waals surface area contributed by atoms with E-state index in [0.717, 1.165) is 41.4 Å². The predicted molar refractivity (Wildman–Crippen MR) is 89.1 cm³/mol. The van der Waals surface area contributed by atoms with Gasteiger partial charge in [-0.3, -0.25) is 0 Å². The smallest absolute Gasteiger partial charge is 0.243 e. The fourth-order valence-corrected chi connectivity index (χ4v) is 2.40. The number of anilines is 1. The number of rotatable bonds is 5. The molecule has 1 aromatic carbocycles. The summed E-state index contributed by atoms with van der Waals surface area (Å²) in [6.45, 7) is 6.17. The molecule has 0 amide bonds. The molecule has 1 aliphatic heterocycles. The molecule has 120 valence electrons. The zero-order valence-corrected chi connectivity index (χ0v) is 13.6. The fourth-order valence-electron chi connectivity index (χ4n) is 2.40. The molecular weight excluding hydrogens is 292 g/mol. The maximum atomic E-state index is 5.39. The predicted octanol–water partition coefficient (Wildman–Crippen LogP) is 3.24. The van der Waals surface area contributed by atoms with Crippen LogP contribution in [0, 0.1) is 13.8 Å². The summed E-state index contributed by atoms with van der Waals surface area (Å²) in [6.07, 6.45) is 1.73. The summed E-state index contributed by atoms with van der Waals surface area (Å²) in [5.74, 6) is 2.16. The first kappa shape index (κ1) is 15.3. The number of hydrogen-bond donors (Lipinski definition) is 1. The van der Waals surface area contributed by atoms with E-state index in [9.17, 15) is 0 Å². The lowest BCUT2D eigenvalue weighted by atomic mass is 10.1. The van der Waals surface area contributed by atoms with E-state index in [0.29, 0.717) is 12.7 Å². The molecule has 1 aliphatic rings. The van der Waals surface area contributed by atoms with E-state index in [1.165, 1.54) is 5.56 Å². The van der Waals surface area contributed by atoms with Gasteiger partial charge in [0.05, 0.1) is 0 Å². The molecule has 2 heterocycles. The summed E-state index contributed by atoms with van der Waals surface area (Å²) < 4.78 is 10.7. The van der Waals surface area contributed by atoms with Crippen LogP contribution in [0.4, 0.5) is 5.95 Å². The van der Waals surface area contributed by atoms with Crippen molar-refractivity contribution in [2.45, 2.75) is 33.6 Å². The van der Waals surface area contributed by atoms with Gasteiger partial charge in [-0.25, -0.2) is 15.4 Å². The van der Waals surface area contributed by atoms with Crippen molar-refractivity contribution < 1.29 is 9.47 Å². The van der Waals surface area contributed by atoms with E-state index >= 15 is 0 Å². The maximum Gasteiger partial charge on any atom is 0.243 e. The number of benzene rings is 1. The minimum atomic E-state index is 0.305. The molecule has 0 unspecified atom stereocenters. The Morgan fingerprint density at radius 2 is 1.87 bits per heavy atom. The standard InChI is InChI=1S/C17H20N4O2/c1-11(20-21-17-18-12(2)8-13(3)19-17)4-5-14-6-7-15-16(9-14)23-10-22-15/h6-9H,4-5,10H2,1-3H3,(H,18,19,21)/b20-11+. The molecule has 0 fully saturated rings. The Balaban J connectivity index is 1.57. The van der Waals surface area contributed by atoms with Crippen molar-refractivity contribution in [2.24, 2.45) is 5.10 Å². The molecule has 0 saturated carbocycles. The second-order valence-electron chi connectivity index (χ2n) is 5.62. The molecule has 0 radical (unpaired) electrons. The van der Waals surface area contributed by atoms with Gasteiger partial charge in [-0.05, 0) is 57.4 Å². The Labute approximate surface area is 135 Å². The van der Waals surface area contributed by atoms with E-state index in [-0.39, 0.29) is 0 Å². The van der Waals surface area contributed by atoms with Crippen molar-refractivity contribution in [3.8, 4) is 11.5 Å². The normalized spacial score (nSPS) is 13.3. The highest BCUT2D eigenvalue weighted by Gasteiger charge is 2.13. The lowest BCUT2D eigenvalue weighted by molar-refractivity contribution is 0.174. The van der Waals surface area contributed by atoms with Crippen LogP contribution in [0.2, 0.25) is 0 Å². The van der Waals surface area contributed by atoms with Crippen LogP contribution >= 0.6 is 0 Å². The highest BCUT2D eigenvalue weighted by Crippen LogP contribution is 2.32. The third-order valence-corrected chi connectivity index (χ3v) is 3.54. The van der Waals surface area contributed by atoms with Crippen LogP contribution in [-0.2, 0) is 6.42 Å². The summed E-state index contributed by atoms with van der Waals surface area (Å²) in [5.41, 5.74) is 6.97. The van der Waals surface area contributed by atoms with Crippen LogP contribution in [0.25, 0.3) is 0 Å². The van der Waals surface area contributed by atoms with Crippen molar-refractivity contribution >= 4 is 11.7 Å². The molecule has 6 heteroatoms. The molecule has 0 atom stereocenters. The summed E-state index contributed by atoms with van der Waals surface area (Å²) in [4.78, 5) is 8.61. The molecule has 0 aliphatic carbocycles. The number of fused-ring (bicyclic) bond motifs is 1. The van der Waals surface area contributed by atoms with Gasteiger partial charge in [-0.1, -0.05) is 6.07 Å². The van der Waals surface area contributed by atoms with E-state index < -0.39 is 0 Å². The van der Waals surface area contributed by atoms with Crippen LogP contribution in [-0.4, -0.2) is 22.5 Å². The molecule has 0 saturated heterocycles. The molecule has 6 nitrogen and oxygen atoms in total. The molecule has 1 N–H and O–H groups in total. The Hall–Kier alpha value is -2.63. The van der Waals surface area contributed by atoms with Crippen LogP contribution < -0.4 is 14.9 Å². The SMILES string of the molecule is C/C(CCc1ccc2c(c1)OCO2)=N\Nc1nc(C)cc(C)n1. The lowest BCUT2D eigenvalue weighted by Crippen LogP contribution is -2.03. The molecular formula is C17H20N4O2. The van der Waals surface area contributed by atoms with Gasteiger partial charge in [0.15, 0.2) is 11.5 Å². The van der Waals surface area contributed by atoms with E-state index in [4.69, 9.17) is 9.47 Å². The zero-order valence-electron chi connectivity index (χ0n) is 13.6. The molecule has 0 spiro atoms. The first-order valence-electron chi connectivity index (χ1n) is 7.60. The molecule has 23 heavy (non-hydrogen) atoms. The Bertz CT molecular complexity index is 723. The van der Waals surface area contributed by atoms with Gasteiger partial charge < -0.3 is 9.47 Å². The lowest BCUT2D eigenvalue weighted by Gasteiger charge is -2.05. The number of nitrogens with one attached hydrogen (secondary N) is 1. The highest BCUT2D eigenvalue weighted by molar-refractivity contribution is 5.82. The number of ether oxygens (including phenoxy) is 2. The second-order valence-corrected chi connectivity index (χ2v) is 5.62. The van der Waals surface area contributed by atoms with Crippen LogP contribution in [0.3, 0.4) is 0 Å². The molecule has 0 bridgehead atoms.